The third-order valence-electron chi connectivity index (χ3n) is 6.54. The van der Waals surface area contributed by atoms with Gasteiger partial charge in [-0.05, 0) is 48.5 Å². The van der Waals surface area contributed by atoms with Crippen LogP contribution in [0.3, 0.4) is 0 Å². The molecule has 0 N–H and O–H groups in total. The van der Waals surface area contributed by atoms with Crippen LogP contribution in [0.4, 0.5) is 0 Å². The average Bonchev–Trinajstić information content (AvgIpc) is 3.80. The van der Waals surface area contributed by atoms with Crippen molar-refractivity contribution in [2.75, 3.05) is 33.7 Å². The summed E-state index contributed by atoms with van der Waals surface area (Å²) < 4.78 is 60.3. The molecular formula is C29H25N4O9PS. The van der Waals surface area contributed by atoms with Gasteiger partial charge in [-0.25, -0.2) is 19.5 Å². The Bertz CT molecular complexity index is 1790. The van der Waals surface area contributed by atoms with E-state index in [1.165, 1.54) is 18.1 Å². The van der Waals surface area contributed by atoms with Gasteiger partial charge in [0.15, 0.2) is 35.0 Å². The molecule has 2 aliphatic heterocycles. The lowest BCUT2D eigenvalue weighted by Gasteiger charge is -2.20. The maximum Gasteiger partial charge on any atom is 0.456 e. The second-order valence-corrected chi connectivity index (χ2v) is 12.3. The van der Waals surface area contributed by atoms with Crippen molar-refractivity contribution >= 4 is 30.5 Å². The van der Waals surface area contributed by atoms with Crippen molar-refractivity contribution < 1.29 is 42.0 Å². The van der Waals surface area contributed by atoms with Gasteiger partial charge in [0, 0.05) is 23.6 Å². The molecule has 2 aromatic heterocycles. The first-order valence-corrected chi connectivity index (χ1v) is 15.9. The molecule has 0 saturated heterocycles. The fraction of sp³-hybridized carbons (Fsp3) is 0.207. The lowest BCUT2D eigenvalue weighted by molar-refractivity contribution is 0.152. The van der Waals surface area contributed by atoms with Crippen LogP contribution in [-0.4, -0.2) is 53.2 Å². The number of benzene rings is 3. The SMILES string of the molecule is COc1ccc(Sc2ncnc3c2ncn3CCOCP(=O)(Oc2ccc3c(c2)OCO3)Oc2ccc3c(c2)OCO3)cc1. The van der Waals surface area contributed by atoms with E-state index in [0.29, 0.717) is 40.7 Å². The zero-order valence-corrected chi connectivity index (χ0v) is 25.0. The quantitative estimate of drug-likeness (QED) is 0.0933. The molecule has 0 aliphatic carbocycles. The third kappa shape index (κ3) is 6.05. The van der Waals surface area contributed by atoms with Crippen LogP contribution in [0.5, 0.6) is 40.2 Å². The third-order valence-corrected chi connectivity index (χ3v) is 9.02. The highest BCUT2D eigenvalue weighted by molar-refractivity contribution is 7.99. The average molecular weight is 637 g/mol. The number of nitrogens with zero attached hydrogens (tertiary/aromatic N) is 4. The van der Waals surface area contributed by atoms with Crippen molar-refractivity contribution in [2.24, 2.45) is 0 Å². The van der Waals surface area contributed by atoms with E-state index >= 15 is 0 Å². The van der Waals surface area contributed by atoms with E-state index in [-0.39, 0.29) is 38.0 Å². The minimum atomic E-state index is -3.90. The first-order valence-electron chi connectivity index (χ1n) is 13.4. The molecule has 0 unspecified atom stereocenters. The summed E-state index contributed by atoms with van der Waals surface area (Å²) in [5, 5.41) is 0.721. The van der Waals surface area contributed by atoms with E-state index in [9.17, 15) is 4.57 Å². The summed E-state index contributed by atoms with van der Waals surface area (Å²) in [6.07, 6.45) is 2.84. The summed E-state index contributed by atoms with van der Waals surface area (Å²) in [6.45, 7) is 0.759. The van der Waals surface area contributed by atoms with E-state index in [0.717, 1.165) is 15.7 Å². The Balaban J connectivity index is 1.04. The van der Waals surface area contributed by atoms with Crippen molar-refractivity contribution in [2.45, 2.75) is 16.5 Å². The van der Waals surface area contributed by atoms with E-state index in [1.807, 2.05) is 28.8 Å². The van der Waals surface area contributed by atoms with Crippen molar-refractivity contribution in [1.82, 2.24) is 19.5 Å². The zero-order valence-electron chi connectivity index (χ0n) is 23.3. The molecule has 15 heteroatoms. The Hall–Kier alpha value is -4.65. The van der Waals surface area contributed by atoms with Crippen molar-refractivity contribution in [3.05, 3.63) is 73.3 Å². The summed E-state index contributed by atoms with van der Waals surface area (Å²) in [5.41, 5.74) is 1.31. The normalized spacial score (nSPS) is 13.3. The molecule has 13 nitrogen and oxygen atoms in total. The second-order valence-electron chi connectivity index (χ2n) is 9.43. The predicted molar refractivity (Wildman–Crippen MR) is 157 cm³/mol. The summed E-state index contributed by atoms with van der Waals surface area (Å²) in [4.78, 5) is 14.4. The fourth-order valence-corrected chi connectivity index (χ4v) is 6.65. The number of fused-ring (bicyclic) bond motifs is 3. The van der Waals surface area contributed by atoms with Gasteiger partial charge in [-0.1, -0.05) is 11.8 Å². The van der Waals surface area contributed by atoms with E-state index < -0.39 is 7.60 Å². The summed E-state index contributed by atoms with van der Waals surface area (Å²) in [6, 6.07) is 17.5. The van der Waals surface area contributed by atoms with E-state index in [4.69, 9.17) is 37.5 Å². The van der Waals surface area contributed by atoms with Gasteiger partial charge >= 0.3 is 7.60 Å². The molecule has 0 saturated carbocycles. The Morgan fingerprint density at radius 1 is 0.818 bits per heavy atom. The molecule has 2 aliphatic rings. The molecule has 0 fully saturated rings. The Morgan fingerprint density at radius 3 is 2.11 bits per heavy atom. The van der Waals surface area contributed by atoms with Crippen LogP contribution < -0.4 is 32.7 Å². The largest absolute Gasteiger partial charge is 0.497 e. The maximum atomic E-state index is 14.0. The molecule has 226 valence electrons. The van der Waals surface area contributed by atoms with Crippen LogP contribution in [-0.2, 0) is 15.8 Å². The maximum absolute atomic E-state index is 14.0. The molecule has 4 heterocycles. The van der Waals surface area contributed by atoms with Crippen LogP contribution in [0.15, 0.2) is 83.2 Å². The van der Waals surface area contributed by atoms with Crippen molar-refractivity contribution in [3.8, 4) is 40.2 Å². The number of aromatic nitrogens is 4. The van der Waals surface area contributed by atoms with Gasteiger partial charge in [-0.15, -0.1) is 0 Å². The number of ether oxygens (including phenoxy) is 6. The lowest BCUT2D eigenvalue weighted by atomic mass is 10.3. The number of imidazole rings is 1. The van der Waals surface area contributed by atoms with Gasteiger partial charge < -0.3 is 42.0 Å². The summed E-state index contributed by atoms with van der Waals surface area (Å²) >= 11 is 1.48. The first-order chi connectivity index (χ1) is 21.5. The summed E-state index contributed by atoms with van der Waals surface area (Å²) in [7, 11) is -2.27. The molecule has 0 radical (unpaired) electrons. The van der Waals surface area contributed by atoms with Gasteiger partial charge in [0.05, 0.1) is 20.0 Å². The summed E-state index contributed by atoms with van der Waals surface area (Å²) in [5.74, 6) is 3.44. The molecule has 0 amide bonds. The topological polar surface area (TPSA) is 135 Å². The zero-order chi connectivity index (χ0) is 29.9. The minimum absolute atomic E-state index is 0.1000. The van der Waals surface area contributed by atoms with Crippen LogP contribution in [0, 0.1) is 0 Å². The number of methoxy groups -OCH3 is 1. The van der Waals surface area contributed by atoms with Gasteiger partial charge in [0.25, 0.3) is 0 Å². The first kappa shape index (κ1) is 28.1. The van der Waals surface area contributed by atoms with Crippen LogP contribution in [0.25, 0.3) is 11.2 Å². The van der Waals surface area contributed by atoms with Gasteiger partial charge in [0.1, 0.15) is 34.1 Å². The molecule has 3 aromatic carbocycles. The minimum Gasteiger partial charge on any atom is -0.497 e. The predicted octanol–water partition coefficient (Wildman–Crippen LogP) is 5.77. The van der Waals surface area contributed by atoms with Crippen molar-refractivity contribution in [3.63, 3.8) is 0 Å². The van der Waals surface area contributed by atoms with Crippen molar-refractivity contribution in [1.29, 1.82) is 0 Å². The van der Waals surface area contributed by atoms with Crippen LogP contribution in [0.1, 0.15) is 0 Å². The number of rotatable bonds is 12. The van der Waals surface area contributed by atoms with Crippen LogP contribution in [0.2, 0.25) is 0 Å². The highest BCUT2D eigenvalue weighted by atomic mass is 32.2. The standard InChI is InChI=1S/C29H25N4O9PS/c1-35-19-2-6-22(7-3-19)44-29-27-28(30-14-31-29)33(15-32-27)10-11-36-18-43(34,41-20-4-8-23-25(12-20)39-16-37-23)42-21-5-9-24-26(13-21)40-17-38-24/h2-9,12-15H,10-11,16-18H2,1H3. The Kier molecular flexibility index (Phi) is 7.77. The van der Waals surface area contributed by atoms with Gasteiger partial charge in [-0.2, -0.15) is 0 Å². The van der Waals surface area contributed by atoms with Crippen LogP contribution >= 0.6 is 19.4 Å². The molecule has 5 aromatic rings. The molecule has 0 atom stereocenters. The highest BCUT2D eigenvalue weighted by Gasteiger charge is 2.31. The Morgan fingerprint density at radius 2 is 1.45 bits per heavy atom. The number of hydrogen-bond acceptors (Lipinski definition) is 13. The van der Waals surface area contributed by atoms with Gasteiger partial charge in [0.2, 0.25) is 13.6 Å². The molecular weight excluding hydrogens is 611 g/mol. The Labute approximate surface area is 255 Å². The molecule has 44 heavy (non-hydrogen) atoms. The highest BCUT2D eigenvalue weighted by Crippen LogP contribution is 2.51. The number of hydrogen-bond donors (Lipinski definition) is 0. The molecule has 0 bridgehead atoms. The smallest absolute Gasteiger partial charge is 0.456 e. The lowest BCUT2D eigenvalue weighted by Crippen LogP contribution is -2.11. The second kappa shape index (κ2) is 12.2. The molecule has 7 rings (SSSR count). The van der Waals surface area contributed by atoms with E-state index in [1.54, 1.807) is 49.8 Å². The monoisotopic (exact) mass is 636 g/mol. The van der Waals surface area contributed by atoms with E-state index in [2.05, 4.69) is 15.0 Å². The fourth-order valence-electron chi connectivity index (χ4n) is 4.45. The molecule has 0 spiro atoms. The van der Waals surface area contributed by atoms with Gasteiger partial charge in [-0.3, -0.25) is 0 Å².